The van der Waals surface area contributed by atoms with Crippen LogP contribution in [0.4, 0.5) is 10.3 Å². The zero-order valence-corrected chi connectivity index (χ0v) is 25.8. The molecule has 224 valence electrons. The minimum Gasteiger partial charge on any atom is -0.394 e. The number of ketones is 1. The van der Waals surface area contributed by atoms with E-state index in [-0.39, 0.29) is 42.7 Å². The third-order valence-corrected chi connectivity index (χ3v) is 9.87. The maximum Gasteiger partial charge on any atom is 0.243 e. The first-order valence-corrected chi connectivity index (χ1v) is 16.3. The van der Waals surface area contributed by atoms with Gasteiger partial charge in [0.05, 0.1) is 29.3 Å². The number of hydrogen-bond donors (Lipinski definition) is 2. The van der Waals surface area contributed by atoms with Crippen molar-refractivity contribution in [3.05, 3.63) is 106 Å². The fraction of sp³-hybridized carbons (Fsp3) is 0.281. The summed E-state index contributed by atoms with van der Waals surface area (Å²) in [5, 5.41) is 13.3. The van der Waals surface area contributed by atoms with Crippen LogP contribution < -0.4 is 5.32 Å². The van der Waals surface area contributed by atoms with Gasteiger partial charge in [0, 0.05) is 28.7 Å². The Labute approximate surface area is 259 Å². The molecule has 11 heteroatoms. The number of nitrogens with zero attached hydrogens (tertiary/aromatic N) is 3. The lowest BCUT2D eigenvalue weighted by atomic mass is 10.0. The average Bonchev–Trinajstić information content (AvgIpc) is 3.52. The van der Waals surface area contributed by atoms with Crippen LogP contribution in [-0.4, -0.2) is 58.8 Å². The molecule has 0 aliphatic carbocycles. The molecule has 0 saturated carbocycles. The molecule has 0 bridgehead atoms. The summed E-state index contributed by atoms with van der Waals surface area (Å²) in [7, 11) is -3.95. The largest absolute Gasteiger partial charge is 0.394 e. The van der Waals surface area contributed by atoms with Crippen molar-refractivity contribution in [3.63, 3.8) is 0 Å². The van der Waals surface area contributed by atoms with Gasteiger partial charge >= 0.3 is 0 Å². The number of carbonyl (C=O) groups excluding carboxylic acids is 1. The van der Waals surface area contributed by atoms with Crippen molar-refractivity contribution in [1.29, 1.82) is 0 Å². The van der Waals surface area contributed by atoms with Gasteiger partial charge < -0.3 is 10.4 Å². The fourth-order valence-electron chi connectivity index (χ4n) is 5.21. The van der Waals surface area contributed by atoms with Crippen molar-refractivity contribution in [2.75, 3.05) is 18.5 Å². The van der Waals surface area contributed by atoms with Gasteiger partial charge in [-0.25, -0.2) is 22.8 Å². The quantitative estimate of drug-likeness (QED) is 0.208. The van der Waals surface area contributed by atoms with Crippen LogP contribution in [0.1, 0.15) is 30.5 Å². The van der Waals surface area contributed by atoms with E-state index in [1.807, 2.05) is 60.7 Å². The molecule has 1 aliphatic heterocycles. The van der Waals surface area contributed by atoms with Crippen molar-refractivity contribution in [2.24, 2.45) is 0 Å². The second-order valence-electron chi connectivity index (χ2n) is 10.5. The van der Waals surface area contributed by atoms with E-state index in [9.17, 15) is 22.7 Å². The number of aliphatic hydroxyl groups excluding tert-OH is 1. The maximum absolute atomic E-state index is 13.4. The number of hydrogen-bond acceptors (Lipinski definition) is 7. The molecule has 1 fully saturated rings. The van der Waals surface area contributed by atoms with Crippen LogP contribution in [0.3, 0.4) is 0 Å². The molecule has 5 rings (SSSR count). The Bertz CT molecular complexity index is 1660. The molecule has 2 atom stereocenters. The van der Waals surface area contributed by atoms with E-state index >= 15 is 0 Å². The predicted molar refractivity (Wildman–Crippen MR) is 166 cm³/mol. The monoisotopic (exact) mass is 666 g/mol. The van der Waals surface area contributed by atoms with E-state index in [2.05, 4.69) is 26.2 Å². The molecule has 1 aliphatic rings. The summed E-state index contributed by atoms with van der Waals surface area (Å²) < 4.78 is 42.1. The van der Waals surface area contributed by atoms with Crippen molar-refractivity contribution >= 4 is 37.7 Å². The zero-order chi connectivity index (χ0) is 30.4. The van der Waals surface area contributed by atoms with Crippen molar-refractivity contribution in [2.45, 2.75) is 49.1 Å². The number of carbonyl (C=O) groups is 1. The molecule has 2 heterocycles. The predicted octanol–water partition coefficient (Wildman–Crippen LogP) is 5.42. The third kappa shape index (κ3) is 7.72. The van der Waals surface area contributed by atoms with Crippen LogP contribution in [-0.2, 0) is 27.7 Å². The summed E-state index contributed by atoms with van der Waals surface area (Å²) in [5.74, 6) is -0.391. The number of rotatable bonds is 12. The Morgan fingerprint density at radius 3 is 2.47 bits per heavy atom. The second kappa shape index (κ2) is 13.9. The highest BCUT2D eigenvalue weighted by atomic mass is 79.9. The van der Waals surface area contributed by atoms with Gasteiger partial charge in [-0.05, 0) is 73.7 Å². The Morgan fingerprint density at radius 2 is 1.77 bits per heavy atom. The number of benzene rings is 3. The van der Waals surface area contributed by atoms with E-state index < -0.39 is 21.9 Å². The molecule has 1 saturated heterocycles. The Balaban J connectivity index is 1.35. The number of halogens is 2. The summed E-state index contributed by atoms with van der Waals surface area (Å²) >= 11 is 3.46. The summed E-state index contributed by atoms with van der Waals surface area (Å²) in [6, 6.07) is 22.8. The molecule has 0 amide bonds. The molecular weight excluding hydrogens is 635 g/mol. The van der Waals surface area contributed by atoms with Gasteiger partial charge in [0.15, 0.2) is 5.78 Å². The minimum atomic E-state index is -3.95. The number of sulfonamides is 1. The van der Waals surface area contributed by atoms with E-state index in [1.165, 1.54) is 16.4 Å². The smallest absolute Gasteiger partial charge is 0.243 e. The van der Waals surface area contributed by atoms with Gasteiger partial charge in [0.2, 0.25) is 16.0 Å². The fourth-order valence-corrected chi connectivity index (χ4v) is 7.15. The summed E-state index contributed by atoms with van der Waals surface area (Å²) in [4.78, 5) is 22.7. The van der Waals surface area contributed by atoms with E-state index in [0.717, 1.165) is 27.7 Å². The highest BCUT2D eigenvalue weighted by molar-refractivity contribution is 9.10. The SMILES string of the molecule is O=C(CCc1cc(-c2ccc(Br)cc2)nc(N[C@@H](CO)Cc2ccccc2)n1)[C@@H]1CCCN1S(=O)(=O)c1ccc(F)cc1. The highest BCUT2D eigenvalue weighted by Gasteiger charge is 2.39. The number of anilines is 1. The lowest BCUT2D eigenvalue weighted by Gasteiger charge is -2.23. The van der Waals surface area contributed by atoms with E-state index in [0.29, 0.717) is 36.6 Å². The molecule has 2 N–H and O–H groups in total. The summed E-state index contributed by atoms with van der Waals surface area (Å²) in [6.07, 6.45) is 1.93. The molecule has 0 unspecified atom stereocenters. The molecule has 3 aromatic carbocycles. The molecule has 4 aromatic rings. The molecule has 0 spiro atoms. The summed E-state index contributed by atoms with van der Waals surface area (Å²) in [5.41, 5.74) is 3.19. The highest BCUT2D eigenvalue weighted by Crippen LogP contribution is 2.28. The number of aliphatic hydroxyl groups is 1. The first kappa shape index (κ1) is 30.9. The first-order chi connectivity index (χ1) is 20.7. The standard InChI is InChI=1S/C32H32BrFN4O4S/c33-24-10-8-23(9-11-24)29-20-26(35-32(37-29)36-27(21-39)19-22-5-2-1-3-6-22)14-17-31(40)30-7-4-18-38(30)43(41,42)28-15-12-25(34)13-16-28/h1-3,5-6,8-13,15-16,20,27,30,39H,4,7,14,17-19,21H2,(H,35,36,37)/t27-,30+/m1/s1. The van der Waals surface area contributed by atoms with Crippen LogP contribution in [0.5, 0.6) is 0 Å². The van der Waals surface area contributed by atoms with Gasteiger partial charge in [0.25, 0.3) is 0 Å². The molecule has 1 aromatic heterocycles. The van der Waals surface area contributed by atoms with Crippen LogP contribution in [0.15, 0.2) is 94.3 Å². The van der Waals surface area contributed by atoms with Crippen LogP contribution >= 0.6 is 15.9 Å². The van der Waals surface area contributed by atoms with Gasteiger partial charge in [-0.2, -0.15) is 4.31 Å². The van der Waals surface area contributed by atoms with Crippen LogP contribution in [0.25, 0.3) is 11.3 Å². The third-order valence-electron chi connectivity index (χ3n) is 7.42. The van der Waals surface area contributed by atoms with Gasteiger partial charge in [-0.3, -0.25) is 4.79 Å². The van der Waals surface area contributed by atoms with Gasteiger partial charge in [-0.1, -0.05) is 58.4 Å². The maximum atomic E-state index is 13.4. The number of Topliss-reactive ketones (excluding diaryl/α,β-unsaturated/α-hetero) is 1. The zero-order valence-electron chi connectivity index (χ0n) is 23.4. The molecule has 0 radical (unpaired) electrons. The van der Waals surface area contributed by atoms with Crippen LogP contribution in [0, 0.1) is 5.82 Å². The number of aryl methyl sites for hydroxylation is 1. The minimum absolute atomic E-state index is 0.0341. The molecule has 8 nitrogen and oxygen atoms in total. The van der Waals surface area contributed by atoms with Crippen molar-refractivity contribution in [3.8, 4) is 11.3 Å². The van der Waals surface area contributed by atoms with Gasteiger partial charge in [0.1, 0.15) is 5.82 Å². The second-order valence-corrected chi connectivity index (χ2v) is 13.3. The lowest BCUT2D eigenvalue weighted by Crippen LogP contribution is -2.40. The average molecular weight is 668 g/mol. The lowest BCUT2D eigenvalue weighted by molar-refractivity contribution is -0.122. The first-order valence-electron chi connectivity index (χ1n) is 14.1. The van der Waals surface area contributed by atoms with Gasteiger partial charge in [-0.15, -0.1) is 0 Å². The Hall–Kier alpha value is -3.51. The topological polar surface area (TPSA) is 112 Å². The van der Waals surface area contributed by atoms with Crippen molar-refractivity contribution < 1.29 is 22.7 Å². The number of aromatic nitrogens is 2. The Kier molecular flexibility index (Phi) is 9.97. The normalized spacial score (nSPS) is 16.2. The summed E-state index contributed by atoms with van der Waals surface area (Å²) in [6.45, 7) is 0.101. The number of nitrogens with one attached hydrogen (secondary N) is 1. The Morgan fingerprint density at radius 1 is 1.05 bits per heavy atom. The van der Waals surface area contributed by atoms with Crippen molar-refractivity contribution in [1.82, 2.24) is 14.3 Å². The van der Waals surface area contributed by atoms with E-state index in [4.69, 9.17) is 4.98 Å². The van der Waals surface area contributed by atoms with Crippen LogP contribution in [0.2, 0.25) is 0 Å². The molecular formula is C32H32BrFN4O4S. The van der Waals surface area contributed by atoms with E-state index in [1.54, 1.807) is 0 Å². The molecule has 43 heavy (non-hydrogen) atoms.